The van der Waals surface area contributed by atoms with Crippen molar-refractivity contribution in [1.82, 2.24) is 19.1 Å². The Balaban J connectivity index is 1.86. The van der Waals surface area contributed by atoms with E-state index in [2.05, 4.69) is 9.97 Å². The molecule has 4 rings (SSSR count). The number of thiazole rings is 1. The molecule has 112 valence electrons. The number of pyridine rings is 1. The van der Waals surface area contributed by atoms with Crippen molar-refractivity contribution in [2.24, 2.45) is 0 Å². The zero-order valence-corrected chi connectivity index (χ0v) is 13.0. The van der Waals surface area contributed by atoms with Crippen LogP contribution in [0.2, 0.25) is 4.47 Å². The smallest absolute Gasteiger partial charge is 0.326 e. The molecule has 8 heteroatoms. The minimum absolute atomic E-state index is 0.0166. The Morgan fingerprint density at radius 1 is 1.32 bits per heavy atom. The first-order valence-corrected chi connectivity index (χ1v) is 8.11. The van der Waals surface area contributed by atoms with Gasteiger partial charge in [-0.1, -0.05) is 11.6 Å². The zero-order valence-electron chi connectivity index (χ0n) is 11.4. The maximum atomic E-state index is 12.5. The van der Waals surface area contributed by atoms with E-state index < -0.39 is 5.69 Å². The molecule has 6 nitrogen and oxygen atoms in total. The van der Waals surface area contributed by atoms with Crippen LogP contribution in [0, 0.1) is 0 Å². The van der Waals surface area contributed by atoms with Crippen LogP contribution in [0.3, 0.4) is 0 Å². The largest absolute Gasteiger partial charge is 0.352 e. The fourth-order valence-corrected chi connectivity index (χ4v) is 3.28. The Labute approximate surface area is 134 Å². The SMILES string of the molecule is O=c1nc2n(Cc3csc(Cl)n3)cccc-2c(=O)n1C1CC1. The molecule has 0 bridgehead atoms. The lowest BCUT2D eigenvalue weighted by Crippen LogP contribution is -2.37. The summed E-state index contributed by atoms with van der Waals surface area (Å²) in [6, 6.07) is 3.50. The van der Waals surface area contributed by atoms with Crippen molar-refractivity contribution in [2.75, 3.05) is 0 Å². The third-order valence-corrected chi connectivity index (χ3v) is 4.69. The van der Waals surface area contributed by atoms with E-state index in [1.165, 1.54) is 15.9 Å². The molecular weight excluding hydrogens is 324 g/mol. The molecule has 0 amide bonds. The van der Waals surface area contributed by atoms with Gasteiger partial charge in [0.25, 0.3) is 5.56 Å². The van der Waals surface area contributed by atoms with E-state index in [4.69, 9.17) is 11.6 Å². The number of fused-ring (bicyclic) bond motifs is 1. The lowest BCUT2D eigenvalue weighted by molar-refractivity contribution is 0.642. The van der Waals surface area contributed by atoms with Gasteiger partial charge in [0.2, 0.25) is 0 Å². The maximum Gasteiger partial charge on any atom is 0.352 e. The van der Waals surface area contributed by atoms with E-state index in [0.717, 1.165) is 18.5 Å². The normalized spacial score (nSPS) is 14.6. The molecule has 0 radical (unpaired) electrons. The summed E-state index contributed by atoms with van der Waals surface area (Å²) in [5.74, 6) is 0.388. The van der Waals surface area contributed by atoms with Gasteiger partial charge in [0, 0.05) is 17.6 Å². The van der Waals surface area contributed by atoms with Gasteiger partial charge in [-0.2, -0.15) is 4.98 Å². The van der Waals surface area contributed by atoms with E-state index >= 15 is 0 Å². The predicted octanol–water partition coefficient (Wildman–Crippen LogP) is 2.00. The van der Waals surface area contributed by atoms with E-state index in [-0.39, 0.29) is 11.6 Å². The summed E-state index contributed by atoms with van der Waals surface area (Å²) in [5.41, 5.74) is 0.489. The van der Waals surface area contributed by atoms with Gasteiger partial charge in [-0.05, 0) is 25.0 Å². The second-order valence-electron chi connectivity index (χ2n) is 5.27. The van der Waals surface area contributed by atoms with Crippen molar-refractivity contribution in [3.8, 4) is 11.4 Å². The van der Waals surface area contributed by atoms with Crippen molar-refractivity contribution in [3.63, 3.8) is 0 Å². The number of hydrogen-bond acceptors (Lipinski definition) is 5. The molecule has 0 spiro atoms. The zero-order chi connectivity index (χ0) is 15.3. The Kier molecular flexibility index (Phi) is 3.12. The quantitative estimate of drug-likeness (QED) is 0.734. The maximum absolute atomic E-state index is 12.5. The number of aromatic nitrogens is 4. The fraction of sp³-hybridized carbons (Fsp3) is 0.286. The summed E-state index contributed by atoms with van der Waals surface area (Å²) in [5, 5.41) is 1.84. The van der Waals surface area contributed by atoms with Crippen LogP contribution < -0.4 is 11.2 Å². The number of nitrogens with zero attached hydrogens (tertiary/aromatic N) is 4. The fourth-order valence-electron chi connectivity index (χ4n) is 2.51. The highest BCUT2D eigenvalue weighted by molar-refractivity contribution is 7.13. The highest BCUT2D eigenvalue weighted by atomic mass is 35.5. The topological polar surface area (TPSA) is 69.8 Å². The summed E-state index contributed by atoms with van der Waals surface area (Å²) in [6.45, 7) is 0.417. The molecule has 1 fully saturated rings. The molecule has 0 atom stereocenters. The first-order chi connectivity index (χ1) is 10.6. The second kappa shape index (κ2) is 5.03. The third-order valence-electron chi connectivity index (χ3n) is 3.67. The van der Waals surface area contributed by atoms with Crippen LogP contribution in [0.5, 0.6) is 0 Å². The van der Waals surface area contributed by atoms with Gasteiger partial charge < -0.3 is 4.57 Å². The van der Waals surface area contributed by atoms with Crippen LogP contribution in [-0.4, -0.2) is 19.1 Å². The van der Waals surface area contributed by atoms with Crippen LogP contribution in [0.1, 0.15) is 24.6 Å². The Morgan fingerprint density at radius 2 is 2.14 bits per heavy atom. The van der Waals surface area contributed by atoms with Crippen LogP contribution in [0.15, 0.2) is 33.3 Å². The summed E-state index contributed by atoms with van der Waals surface area (Å²) in [7, 11) is 0. The van der Waals surface area contributed by atoms with E-state index in [0.29, 0.717) is 22.4 Å². The molecule has 1 saturated carbocycles. The molecule has 0 aromatic carbocycles. The first-order valence-electron chi connectivity index (χ1n) is 6.85. The molecule has 1 aromatic heterocycles. The van der Waals surface area contributed by atoms with Crippen LogP contribution in [-0.2, 0) is 6.54 Å². The monoisotopic (exact) mass is 334 g/mol. The highest BCUT2D eigenvalue weighted by Gasteiger charge is 2.29. The van der Waals surface area contributed by atoms with Crippen molar-refractivity contribution in [2.45, 2.75) is 25.4 Å². The Hall–Kier alpha value is -1.99. The molecule has 1 aromatic rings. The van der Waals surface area contributed by atoms with Gasteiger partial charge in [0.15, 0.2) is 10.3 Å². The lowest BCUT2D eigenvalue weighted by atomic mass is 10.2. The van der Waals surface area contributed by atoms with Crippen molar-refractivity contribution in [1.29, 1.82) is 0 Å². The standard InChI is InChI=1S/C14H11ClN4O2S/c15-13-16-8(7-22-13)6-18-5-1-2-10-11(18)17-14(21)19(12(10)20)9-3-4-9/h1-2,5,7,9H,3-4,6H2. The van der Waals surface area contributed by atoms with E-state index in [1.54, 1.807) is 22.9 Å². The van der Waals surface area contributed by atoms with Gasteiger partial charge >= 0.3 is 5.69 Å². The number of halogens is 1. The van der Waals surface area contributed by atoms with E-state index in [1.807, 2.05) is 5.38 Å². The van der Waals surface area contributed by atoms with Gasteiger partial charge in [0.05, 0.1) is 17.8 Å². The van der Waals surface area contributed by atoms with Gasteiger partial charge in [-0.15, -0.1) is 11.3 Å². The lowest BCUT2D eigenvalue weighted by Gasteiger charge is -2.14. The van der Waals surface area contributed by atoms with Crippen LogP contribution in [0.4, 0.5) is 0 Å². The van der Waals surface area contributed by atoms with Crippen molar-refractivity contribution in [3.05, 3.63) is 54.7 Å². The van der Waals surface area contributed by atoms with E-state index in [9.17, 15) is 9.59 Å². The van der Waals surface area contributed by atoms with Gasteiger partial charge in [-0.3, -0.25) is 9.36 Å². The molecule has 0 saturated heterocycles. The molecular formula is C14H11ClN4O2S. The van der Waals surface area contributed by atoms with Crippen LogP contribution >= 0.6 is 22.9 Å². The third kappa shape index (κ3) is 2.26. The molecule has 0 unspecified atom stereocenters. The van der Waals surface area contributed by atoms with Crippen molar-refractivity contribution >= 4 is 22.9 Å². The summed E-state index contributed by atoms with van der Waals surface area (Å²) in [4.78, 5) is 33.0. The summed E-state index contributed by atoms with van der Waals surface area (Å²) in [6.07, 6.45) is 3.52. The molecule has 3 aliphatic rings. The minimum Gasteiger partial charge on any atom is -0.326 e. The molecule has 2 aliphatic heterocycles. The number of hydrogen-bond donors (Lipinski definition) is 0. The van der Waals surface area contributed by atoms with Gasteiger partial charge in [-0.25, -0.2) is 9.78 Å². The Bertz CT molecular complexity index is 941. The average molecular weight is 335 g/mol. The minimum atomic E-state index is -0.476. The molecule has 0 N–H and O–H groups in total. The second-order valence-corrected chi connectivity index (χ2v) is 6.71. The molecule has 22 heavy (non-hydrogen) atoms. The average Bonchev–Trinajstić information content (AvgIpc) is 3.23. The summed E-state index contributed by atoms with van der Waals surface area (Å²) < 4.78 is 3.48. The Morgan fingerprint density at radius 3 is 2.82 bits per heavy atom. The molecule has 3 heterocycles. The van der Waals surface area contributed by atoms with Gasteiger partial charge in [0.1, 0.15) is 0 Å². The summed E-state index contributed by atoms with van der Waals surface area (Å²) >= 11 is 7.18. The first kappa shape index (κ1) is 13.7. The van der Waals surface area contributed by atoms with Crippen molar-refractivity contribution < 1.29 is 0 Å². The number of rotatable bonds is 3. The highest BCUT2D eigenvalue weighted by Crippen LogP contribution is 2.32. The molecule has 1 aliphatic carbocycles. The predicted molar refractivity (Wildman–Crippen MR) is 83.9 cm³/mol. The van der Waals surface area contributed by atoms with Crippen LogP contribution in [0.25, 0.3) is 11.4 Å².